The smallest absolute Gasteiger partial charge is 0.254 e. The van der Waals surface area contributed by atoms with Gasteiger partial charge >= 0.3 is 0 Å². The number of hydrogen-bond donors (Lipinski definition) is 2. The van der Waals surface area contributed by atoms with E-state index in [1.165, 1.54) is 0 Å². The summed E-state index contributed by atoms with van der Waals surface area (Å²) >= 11 is 0. The molecule has 1 amide bonds. The van der Waals surface area contributed by atoms with Gasteiger partial charge in [0.25, 0.3) is 5.91 Å². The number of nitrogen functional groups attached to an aromatic ring is 1. The van der Waals surface area contributed by atoms with Crippen LogP contribution in [0.5, 0.6) is 0 Å². The molecule has 3 N–H and O–H groups in total. The second-order valence-corrected chi connectivity index (χ2v) is 5.52. The van der Waals surface area contributed by atoms with E-state index >= 15 is 0 Å². The molecule has 3 rings (SSSR count). The normalized spacial score (nSPS) is 17.7. The Labute approximate surface area is 129 Å². The average molecular weight is 297 g/mol. The first-order valence-corrected chi connectivity index (χ1v) is 7.42. The van der Waals surface area contributed by atoms with Crippen molar-refractivity contribution in [2.24, 2.45) is 0 Å². The maximum atomic E-state index is 12.7. The molecule has 1 aromatic carbocycles. The first kappa shape index (κ1) is 14.5. The maximum Gasteiger partial charge on any atom is 0.254 e. The van der Waals surface area contributed by atoms with Crippen LogP contribution in [0.1, 0.15) is 23.2 Å². The number of rotatable bonds is 3. The van der Waals surface area contributed by atoms with Crippen molar-refractivity contribution in [2.75, 3.05) is 18.9 Å². The fourth-order valence-corrected chi connectivity index (χ4v) is 2.95. The lowest BCUT2D eigenvalue weighted by atomic mass is 10.0. The van der Waals surface area contributed by atoms with Crippen molar-refractivity contribution in [3.05, 3.63) is 48.3 Å². The fourth-order valence-electron chi connectivity index (χ4n) is 2.95. The van der Waals surface area contributed by atoms with Crippen molar-refractivity contribution >= 4 is 11.6 Å². The Hall–Kier alpha value is -2.40. The van der Waals surface area contributed by atoms with E-state index in [-0.39, 0.29) is 18.6 Å². The lowest BCUT2D eigenvalue weighted by Crippen LogP contribution is -2.37. The van der Waals surface area contributed by atoms with E-state index in [2.05, 4.69) is 4.98 Å². The minimum atomic E-state index is -0.0675. The number of nitrogens with two attached hydrogens (primary N) is 1. The van der Waals surface area contributed by atoms with E-state index in [4.69, 9.17) is 5.73 Å². The van der Waals surface area contributed by atoms with E-state index in [0.717, 1.165) is 24.0 Å². The maximum absolute atomic E-state index is 12.7. The van der Waals surface area contributed by atoms with Crippen LogP contribution in [0.4, 0.5) is 5.69 Å². The molecule has 0 spiro atoms. The van der Waals surface area contributed by atoms with Crippen LogP contribution >= 0.6 is 0 Å². The molecule has 1 aliphatic heterocycles. The van der Waals surface area contributed by atoms with Crippen LogP contribution in [-0.4, -0.2) is 40.1 Å². The van der Waals surface area contributed by atoms with Crippen LogP contribution in [0, 0.1) is 0 Å². The summed E-state index contributed by atoms with van der Waals surface area (Å²) in [5.74, 6) is -0.0361. The highest BCUT2D eigenvalue weighted by Gasteiger charge is 2.28. The summed E-state index contributed by atoms with van der Waals surface area (Å²) in [6.45, 7) is 0.717. The lowest BCUT2D eigenvalue weighted by Gasteiger charge is -2.23. The number of anilines is 1. The number of amides is 1. The van der Waals surface area contributed by atoms with E-state index in [1.54, 1.807) is 23.4 Å². The Morgan fingerprint density at radius 3 is 3.05 bits per heavy atom. The molecule has 0 aliphatic carbocycles. The molecule has 2 heterocycles. The van der Waals surface area contributed by atoms with Crippen molar-refractivity contribution < 1.29 is 9.90 Å². The number of pyridine rings is 1. The summed E-state index contributed by atoms with van der Waals surface area (Å²) in [5, 5.41) is 9.38. The third-order valence-electron chi connectivity index (χ3n) is 4.12. The Kier molecular flexibility index (Phi) is 4.06. The highest BCUT2D eigenvalue weighted by atomic mass is 16.3. The van der Waals surface area contributed by atoms with E-state index in [0.29, 0.717) is 17.8 Å². The molecule has 0 saturated carbocycles. The number of carbonyl (C=O) groups excluding carboxylic acids is 1. The van der Waals surface area contributed by atoms with E-state index in [1.807, 2.05) is 24.3 Å². The predicted octanol–water partition coefficient (Wildman–Crippen LogP) is 1.93. The van der Waals surface area contributed by atoms with E-state index < -0.39 is 0 Å². The molecule has 1 atom stereocenters. The first-order chi connectivity index (χ1) is 10.7. The van der Waals surface area contributed by atoms with Crippen LogP contribution in [0.15, 0.2) is 42.7 Å². The molecular formula is C17H19N3O2. The minimum Gasteiger partial charge on any atom is -0.397 e. The molecule has 1 aromatic heterocycles. The second-order valence-electron chi connectivity index (χ2n) is 5.52. The summed E-state index contributed by atoms with van der Waals surface area (Å²) in [7, 11) is 0. The number of benzene rings is 1. The monoisotopic (exact) mass is 297 g/mol. The highest BCUT2D eigenvalue weighted by molar-refractivity contribution is 5.96. The van der Waals surface area contributed by atoms with Crippen LogP contribution in [0.3, 0.4) is 0 Å². The van der Waals surface area contributed by atoms with Crippen LogP contribution in [-0.2, 0) is 0 Å². The largest absolute Gasteiger partial charge is 0.397 e. The van der Waals surface area contributed by atoms with Gasteiger partial charge in [0.15, 0.2) is 0 Å². The summed E-state index contributed by atoms with van der Waals surface area (Å²) in [6.07, 6.45) is 5.09. The van der Waals surface area contributed by atoms with Gasteiger partial charge in [-0.2, -0.15) is 0 Å². The second kappa shape index (κ2) is 6.15. The summed E-state index contributed by atoms with van der Waals surface area (Å²) in [6, 6.07) is 9.20. The number of aliphatic hydroxyl groups is 1. The van der Waals surface area contributed by atoms with Gasteiger partial charge in [-0.15, -0.1) is 0 Å². The van der Waals surface area contributed by atoms with Gasteiger partial charge < -0.3 is 15.7 Å². The first-order valence-electron chi connectivity index (χ1n) is 7.42. The third kappa shape index (κ3) is 2.67. The zero-order valence-corrected chi connectivity index (χ0v) is 12.3. The predicted molar refractivity (Wildman–Crippen MR) is 85.2 cm³/mol. The highest BCUT2D eigenvalue weighted by Crippen LogP contribution is 2.27. The number of aliphatic hydroxyl groups excluding tert-OH is 1. The van der Waals surface area contributed by atoms with Crippen molar-refractivity contribution in [2.45, 2.75) is 18.9 Å². The van der Waals surface area contributed by atoms with Gasteiger partial charge in [-0.3, -0.25) is 9.78 Å². The Morgan fingerprint density at radius 1 is 1.41 bits per heavy atom. The zero-order chi connectivity index (χ0) is 15.5. The van der Waals surface area contributed by atoms with Crippen molar-refractivity contribution in [3.8, 4) is 11.1 Å². The van der Waals surface area contributed by atoms with Gasteiger partial charge in [0, 0.05) is 23.9 Å². The molecule has 114 valence electrons. The molecule has 1 fully saturated rings. The lowest BCUT2D eigenvalue weighted by molar-refractivity contribution is 0.0677. The zero-order valence-electron chi connectivity index (χ0n) is 12.3. The Balaban J connectivity index is 1.91. The number of carbonyl (C=O) groups is 1. The van der Waals surface area contributed by atoms with Crippen LogP contribution in [0.2, 0.25) is 0 Å². The summed E-state index contributed by atoms with van der Waals surface area (Å²) in [5.41, 5.74) is 8.92. The van der Waals surface area contributed by atoms with Gasteiger partial charge in [-0.1, -0.05) is 12.1 Å². The molecule has 5 heteroatoms. The molecule has 5 nitrogen and oxygen atoms in total. The number of nitrogens with zero attached hydrogens (tertiary/aromatic N) is 2. The Bertz CT molecular complexity index is 687. The fraction of sp³-hybridized carbons (Fsp3) is 0.294. The number of hydrogen-bond acceptors (Lipinski definition) is 4. The minimum absolute atomic E-state index is 0.0166. The van der Waals surface area contributed by atoms with Gasteiger partial charge in [0.2, 0.25) is 0 Å². The molecule has 0 bridgehead atoms. The third-order valence-corrected chi connectivity index (χ3v) is 4.12. The van der Waals surface area contributed by atoms with E-state index in [9.17, 15) is 9.90 Å². The molecule has 0 radical (unpaired) electrons. The molecular weight excluding hydrogens is 278 g/mol. The van der Waals surface area contributed by atoms with Crippen LogP contribution in [0.25, 0.3) is 11.1 Å². The van der Waals surface area contributed by atoms with Crippen molar-refractivity contribution in [3.63, 3.8) is 0 Å². The van der Waals surface area contributed by atoms with Gasteiger partial charge in [-0.25, -0.2) is 0 Å². The van der Waals surface area contributed by atoms with Gasteiger partial charge in [0.1, 0.15) is 0 Å². The number of likely N-dealkylation sites (tertiary alicyclic amines) is 1. The Morgan fingerprint density at radius 2 is 2.27 bits per heavy atom. The standard InChI is InChI=1S/C17H19N3O2/c18-16-10-19-7-6-15(16)12-3-1-4-13(9-12)17(22)20-8-2-5-14(20)11-21/h1,3-4,6-7,9-10,14,21H,2,5,8,11,18H2/t14-/m0/s1. The molecule has 22 heavy (non-hydrogen) atoms. The quantitative estimate of drug-likeness (QED) is 0.907. The number of aromatic nitrogens is 1. The van der Waals surface area contributed by atoms with Gasteiger partial charge in [0.05, 0.1) is 24.5 Å². The SMILES string of the molecule is Nc1cnccc1-c1cccc(C(=O)N2CCC[C@H]2CO)c1. The molecule has 1 aliphatic rings. The van der Waals surface area contributed by atoms with Crippen LogP contribution < -0.4 is 5.73 Å². The van der Waals surface area contributed by atoms with Crippen molar-refractivity contribution in [1.82, 2.24) is 9.88 Å². The average Bonchev–Trinajstić information content (AvgIpc) is 3.03. The van der Waals surface area contributed by atoms with Gasteiger partial charge in [-0.05, 0) is 36.6 Å². The molecule has 2 aromatic rings. The van der Waals surface area contributed by atoms with Crippen molar-refractivity contribution in [1.29, 1.82) is 0 Å². The summed E-state index contributed by atoms with van der Waals surface area (Å²) < 4.78 is 0. The molecule has 1 saturated heterocycles. The molecule has 0 unspecified atom stereocenters. The summed E-state index contributed by atoms with van der Waals surface area (Å²) in [4.78, 5) is 18.4. The topological polar surface area (TPSA) is 79.5 Å².